The summed E-state index contributed by atoms with van der Waals surface area (Å²) >= 11 is 0. The van der Waals surface area contributed by atoms with Crippen LogP contribution in [0.3, 0.4) is 0 Å². The topological polar surface area (TPSA) is 112 Å². The van der Waals surface area contributed by atoms with Crippen LogP contribution in [0.1, 0.15) is 91.9 Å². The van der Waals surface area contributed by atoms with E-state index in [1.165, 1.54) is 4.90 Å². The van der Waals surface area contributed by atoms with Crippen molar-refractivity contribution in [2.45, 2.75) is 118 Å². The molecule has 0 saturated heterocycles. The smallest absolute Gasteiger partial charge is 0.231 e. The van der Waals surface area contributed by atoms with Gasteiger partial charge in [-0.25, -0.2) is 4.98 Å². The Bertz CT molecular complexity index is 913. The van der Waals surface area contributed by atoms with E-state index in [4.69, 9.17) is 15.9 Å². The van der Waals surface area contributed by atoms with E-state index in [2.05, 4.69) is 66.5 Å². The third-order valence-corrected chi connectivity index (χ3v) is 12.8. The van der Waals surface area contributed by atoms with Gasteiger partial charge in [-0.3, -0.25) is 14.5 Å². The molecule has 1 rings (SSSR count). The molecule has 1 aromatic rings. The van der Waals surface area contributed by atoms with Gasteiger partial charge in [0.1, 0.15) is 5.82 Å². The number of carbonyl (C=O) groups is 2. The van der Waals surface area contributed by atoms with Crippen molar-refractivity contribution in [3.8, 4) is 0 Å². The van der Waals surface area contributed by atoms with Crippen molar-refractivity contribution >= 4 is 25.8 Å². The number of amides is 1. The summed E-state index contributed by atoms with van der Waals surface area (Å²) in [6.07, 6.45) is 3.49. The molecule has 0 radical (unpaired) electrons. The number of pyridine rings is 1. The number of Topliss-reactive ketones (excluding diaryl/α,β-unsaturated/α-hetero) is 1. The van der Waals surface area contributed by atoms with Gasteiger partial charge in [0.2, 0.25) is 5.91 Å². The van der Waals surface area contributed by atoms with Crippen molar-refractivity contribution in [3.05, 3.63) is 23.9 Å². The number of nitrogens with two attached hydrogens (primary N) is 2. The summed E-state index contributed by atoms with van der Waals surface area (Å²) in [5, 5.41) is 0.0224. The maximum absolute atomic E-state index is 14.0. The second kappa shape index (κ2) is 14.1. The van der Waals surface area contributed by atoms with Crippen LogP contribution in [-0.2, 0) is 9.22 Å². The standard InChI is InChI=1S/C30H56N4O3Si/c1-13-21(6)26(32)27(35)22-15-14-16-33-28(22)34(10)29(36)23(20(4)5)18-25(24(31)17-19(2)3)37-38(11,12)30(7,8)9/h14-16,19-21,23-26H,13,17-18,31-32H2,1-12H3/t21-,23-,24-,25-,26-/m0/s1. The van der Waals surface area contributed by atoms with Gasteiger partial charge in [-0.2, -0.15) is 0 Å². The summed E-state index contributed by atoms with van der Waals surface area (Å²) in [6, 6.07) is 2.60. The third kappa shape index (κ3) is 8.97. The molecule has 0 aliphatic carbocycles. The second-order valence-corrected chi connectivity index (χ2v) is 18.1. The summed E-state index contributed by atoms with van der Waals surface area (Å²) in [5.41, 5.74) is 13.4. The Morgan fingerprint density at radius 2 is 1.66 bits per heavy atom. The Labute approximate surface area is 233 Å². The average molecular weight is 549 g/mol. The minimum atomic E-state index is -2.14. The highest BCUT2D eigenvalue weighted by Crippen LogP contribution is 2.39. The van der Waals surface area contributed by atoms with Crippen molar-refractivity contribution in [3.63, 3.8) is 0 Å². The molecule has 4 N–H and O–H groups in total. The molecule has 8 heteroatoms. The molecule has 1 aromatic heterocycles. The predicted octanol–water partition coefficient (Wildman–Crippen LogP) is 6.03. The SMILES string of the molecule is CC[C@H](C)[C@H](N)C(=O)c1cccnc1N(C)C(=O)[C@@H](C[C@H](O[Si](C)(C)C(C)(C)C)[C@@H](N)CC(C)C)C(C)C. The highest BCUT2D eigenvalue weighted by Gasteiger charge is 2.42. The van der Waals surface area contributed by atoms with E-state index in [1.54, 1.807) is 25.4 Å². The first-order valence-electron chi connectivity index (χ1n) is 14.3. The van der Waals surface area contributed by atoms with Crippen molar-refractivity contribution in [1.29, 1.82) is 0 Å². The van der Waals surface area contributed by atoms with E-state index < -0.39 is 14.4 Å². The quantitative estimate of drug-likeness (QED) is 0.217. The number of anilines is 1. The lowest BCUT2D eigenvalue weighted by atomic mass is 9.85. The van der Waals surface area contributed by atoms with Gasteiger partial charge < -0.3 is 15.9 Å². The van der Waals surface area contributed by atoms with Gasteiger partial charge in [0, 0.05) is 25.2 Å². The molecule has 38 heavy (non-hydrogen) atoms. The van der Waals surface area contributed by atoms with Gasteiger partial charge in [-0.05, 0) is 60.9 Å². The molecule has 0 aliphatic rings. The van der Waals surface area contributed by atoms with Gasteiger partial charge >= 0.3 is 0 Å². The minimum Gasteiger partial charge on any atom is -0.412 e. The number of rotatable bonds is 14. The summed E-state index contributed by atoms with van der Waals surface area (Å²) < 4.78 is 6.87. The number of hydrogen-bond acceptors (Lipinski definition) is 6. The molecule has 0 spiro atoms. The van der Waals surface area contributed by atoms with Crippen molar-refractivity contribution in [1.82, 2.24) is 4.98 Å². The molecule has 5 atom stereocenters. The first-order valence-corrected chi connectivity index (χ1v) is 17.2. The zero-order chi connectivity index (χ0) is 29.6. The van der Waals surface area contributed by atoms with E-state index in [0.29, 0.717) is 23.7 Å². The second-order valence-electron chi connectivity index (χ2n) is 13.3. The zero-order valence-electron chi connectivity index (χ0n) is 26.2. The van der Waals surface area contributed by atoms with Crippen molar-refractivity contribution < 1.29 is 14.0 Å². The summed E-state index contributed by atoms with van der Waals surface area (Å²) in [6.45, 7) is 23.5. The summed E-state index contributed by atoms with van der Waals surface area (Å²) in [5.74, 6) is 0.207. The van der Waals surface area contributed by atoms with E-state index in [0.717, 1.165) is 12.8 Å². The van der Waals surface area contributed by atoms with Crippen molar-refractivity contribution in [2.24, 2.45) is 35.1 Å². The highest BCUT2D eigenvalue weighted by molar-refractivity contribution is 6.74. The van der Waals surface area contributed by atoms with E-state index in [1.807, 2.05) is 13.8 Å². The molecular formula is C30H56N4O3Si. The summed E-state index contributed by atoms with van der Waals surface area (Å²) in [4.78, 5) is 33.3. The molecule has 0 saturated carbocycles. The lowest BCUT2D eigenvalue weighted by Gasteiger charge is -2.42. The van der Waals surface area contributed by atoms with E-state index in [-0.39, 0.29) is 46.6 Å². The van der Waals surface area contributed by atoms with E-state index >= 15 is 0 Å². The molecule has 0 aromatic carbocycles. The Morgan fingerprint density at radius 1 is 1.08 bits per heavy atom. The van der Waals surface area contributed by atoms with Crippen LogP contribution >= 0.6 is 0 Å². The number of hydrogen-bond donors (Lipinski definition) is 2. The van der Waals surface area contributed by atoms with Crippen molar-refractivity contribution in [2.75, 3.05) is 11.9 Å². The highest BCUT2D eigenvalue weighted by atomic mass is 28.4. The van der Waals surface area contributed by atoms with Gasteiger partial charge in [0.05, 0.1) is 17.7 Å². The monoisotopic (exact) mass is 548 g/mol. The molecule has 218 valence electrons. The van der Waals surface area contributed by atoms with Crippen LogP contribution in [-0.4, -0.2) is 50.2 Å². The lowest BCUT2D eigenvalue weighted by Crippen LogP contribution is -2.51. The molecule has 7 nitrogen and oxygen atoms in total. The fourth-order valence-corrected chi connectivity index (χ4v) is 5.75. The average Bonchev–Trinajstić information content (AvgIpc) is 2.82. The lowest BCUT2D eigenvalue weighted by molar-refractivity contribution is -0.124. The number of carbonyl (C=O) groups excluding carboxylic acids is 2. The third-order valence-electron chi connectivity index (χ3n) is 8.34. The normalized spacial score (nSPS) is 16.7. The Kier molecular flexibility index (Phi) is 12.8. The van der Waals surface area contributed by atoms with Gasteiger partial charge in [-0.1, -0.05) is 68.7 Å². The maximum Gasteiger partial charge on any atom is 0.231 e. The van der Waals surface area contributed by atoms with Crippen LogP contribution in [0, 0.1) is 23.7 Å². The molecular weight excluding hydrogens is 492 g/mol. The molecule has 0 unspecified atom stereocenters. The van der Waals surface area contributed by atoms with Gasteiger partial charge in [0.25, 0.3) is 0 Å². The van der Waals surface area contributed by atoms with Crippen LogP contribution < -0.4 is 16.4 Å². The molecule has 0 aliphatic heterocycles. The summed E-state index contributed by atoms with van der Waals surface area (Å²) in [7, 11) is -0.438. The molecule has 0 bridgehead atoms. The van der Waals surface area contributed by atoms with Crippen LogP contribution in [0.15, 0.2) is 18.3 Å². The van der Waals surface area contributed by atoms with Gasteiger partial charge in [0.15, 0.2) is 14.1 Å². The Balaban J connectivity index is 3.38. The zero-order valence-corrected chi connectivity index (χ0v) is 27.2. The predicted molar refractivity (Wildman–Crippen MR) is 162 cm³/mol. The molecule has 1 amide bonds. The number of nitrogens with zero attached hydrogens (tertiary/aromatic N) is 2. The molecule has 0 fully saturated rings. The molecule has 1 heterocycles. The van der Waals surface area contributed by atoms with Crippen LogP contribution in [0.5, 0.6) is 0 Å². The van der Waals surface area contributed by atoms with Gasteiger partial charge in [-0.15, -0.1) is 0 Å². The first-order chi connectivity index (χ1) is 17.4. The fourth-order valence-electron chi connectivity index (χ4n) is 4.37. The first kappa shape index (κ1) is 34.4. The Hall–Kier alpha value is -1.61. The minimum absolute atomic E-state index is 0.0224. The number of ketones is 1. The van der Waals surface area contributed by atoms with Crippen LogP contribution in [0.2, 0.25) is 18.1 Å². The maximum atomic E-state index is 14.0. The fraction of sp³-hybridized carbons (Fsp3) is 0.767. The van der Waals surface area contributed by atoms with E-state index in [9.17, 15) is 9.59 Å². The number of aromatic nitrogens is 1. The van der Waals surface area contributed by atoms with Crippen LogP contribution in [0.25, 0.3) is 0 Å². The Morgan fingerprint density at radius 3 is 2.13 bits per heavy atom. The van der Waals surface area contributed by atoms with Crippen LogP contribution in [0.4, 0.5) is 5.82 Å². The largest absolute Gasteiger partial charge is 0.412 e.